The third kappa shape index (κ3) is 3.04. The van der Waals surface area contributed by atoms with Gasteiger partial charge in [-0.3, -0.25) is 14.2 Å². The van der Waals surface area contributed by atoms with Crippen molar-refractivity contribution in [3.8, 4) is 5.82 Å². The molecule has 0 saturated carbocycles. The van der Waals surface area contributed by atoms with Crippen molar-refractivity contribution in [3.05, 3.63) is 76.8 Å². The van der Waals surface area contributed by atoms with Crippen LogP contribution >= 0.6 is 0 Å². The van der Waals surface area contributed by atoms with Crippen LogP contribution in [0.5, 0.6) is 0 Å². The molecule has 0 bridgehead atoms. The minimum atomic E-state index is -0.240. The predicted molar refractivity (Wildman–Crippen MR) is 97.0 cm³/mol. The van der Waals surface area contributed by atoms with E-state index in [1.807, 2.05) is 18.2 Å². The van der Waals surface area contributed by atoms with E-state index in [-0.39, 0.29) is 11.5 Å². The first kappa shape index (κ1) is 16.3. The first-order chi connectivity index (χ1) is 12.7. The van der Waals surface area contributed by atoms with Crippen LogP contribution in [-0.4, -0.2) is 46.6 Å². The highest BCUT2D eigenvalue weighted by Crippen LogP contribution is 2.24. The molecule has 7 nitrogen and oxygen atoms in total. The van der Waals surface area contributed by atoms with Crippen molar-refractivity contribution < 1.29 is 9.53 Å². The average molecular weight is 350 g/mol. The zero-order valence-electron chi connectivity index (χ0n) is 14.1. The maximum absolute atomic E-state index is 12.8. The van der Waals surface area contributed by atoms with Gasteiger partial charge in [0.15, 0.2) is 5.82 Å². The third-order valence-corrected chi connectivity index (χ3v) is 4.31. The fourth-order valence-electron chi connectivity index (χ4n) is 2.97. The number of pyridine rings is 1. The van der Waals surface area contributed by atoms with Gasteiger partial charge < -0.3 is 9.64 Å². The summed E-state index contributed by atoms with van der Waals surface area (Å²) in [7, 11) is 0. The number of carbonyl (C=O) groups excluding carboxylic acids is 1. The van der Waals surface area contributed by atoms with Crippen LogP contribution in [0.1, 0.15) is 10.4 Å². The zero-order chi connectivity index (χ0) is 17.9. The van der Waals surface area contributed by atoms with E-state index in [1.165, 1.54) is 15.3 Å². The van der Waals surface area contributed by atoms with Gasteiger partial charge in [-0.25, -0.2) is 0 Å². The monoisotopic (exact) mass is 350 g/mol. The van der Waals surface area contributed by atoms with E-state index in [2.05, 4.69) is 10.00 Å². The molecule has 0 N–H and O–H groups in total. The van der Waals surface area contributed by atoms with Crippen LogP contribution in [0, 0.1) is 0 Å². The van der Waals surface area contributed by atoms with Gasteiger partial charge in [-0.05, 0) is 18.2 Å². The van der Waals surface area contributed by atoms with Crippen LogP contribution in [-0.2, 0) is 4.74 Å². The molecule has 0 aliphatic carbocycles. The highest BCUT2D eigenvalue weighted by molar-refractivity contribution is 5.96. The van der Waals surface area contributed by atoms with E-state index in [9.17, 15) is 9.59 Å². The maximum Gasteiger partial charge on any atom is 0.278 e. The molecular formula is C19H18N4O3. The minimum Gasteiger partial charge on any atom is -0.378 e. The first-order valence-corrected chi connectivity index (χ1v) is 8.44. The van der Waals surface area contributed by atoms with Gasteiger partial charge in [0.1, 0.15) is 5.69 Å². The molecule has 4 rings (SSSR count). The summed E-state index contributed by atoms with van der Waals surface area (Å²) in [4.78, 5) is 27.2. The van der Waals surface area contributed by atoms with Gasteiger partial charge in [0, 0.05) is 30.9 Å². The molecule has 26 heavy (non-hydrogen) atoms. The molecule has 0 unspecified atom stereocenters. The van der Waals surface area contributed by atoms with Gasteiger partial charge in [-0.1, -0.05) is 24.3 Å². The number of nitrogens with zero attached hydrogens (tertiary/aromatic N) is 4. The summed E-state index contributed by atoms with van der Waals surface area (Å²) in [6.45, 7) is 2.56. The van der Waals surface area contributed by atoms with Crippen LogP contribution in [0.4, 0.5) is 5.69 Å². The van der Waals surface area contributed by atoms with Gasteiger partial charge in [0.05, 0.1) is 19.4 Å². The fraction of sp³-hybridized carbons (Fsp3) is 0.211. The van der Waals surface area contributed by atoms with E-state index in [1.54, 1.807) is 36.7 Å². The van der Waals surface area contributed by atoms with E-state index in [4.69, 9.17) is 4.74 Å². The molecular weight excluding hydrogens is 332 g/mol. The summed E-state index contributed by atoms with van der Waals surface area (Å²) in [5.74, 6) is 0.206. The molecule has 1 aliphatic rings. The number of morpholine rings is 1. The fourth-order valence-corrected chi connectivity index (χ4v) is 2.97. The van der Waals surface area contributed by atoms with Crippen LogP contribution in [0.3, 0.4) is 0 Å². The maximum atomic E-state index is 12.8. The summed E-state index contributed by atoms with van der Waals surface area (Å²) in [6, 6.07) is 13.9. The second-order valence-electron chi connectivity index (χ2n) is 5.96. The Morgan fingerprint density at radius 3 is 2.46 bits per heavy atom. The van der Waals surface area contributed by atoms with Gasteiger partial charge in [-0.15, -0.1) is 5.10 Å². The molecule has 7 heteroatoms. The smallest absolute Gasteiger partial charge is 0.278 e. The number of aromatic nitrogens is 3. The Morgan fingerprint density at radius 2 is 1.73 bits per heavy atom. The molecule has 0 amide bonds. The molecule has 132 valence electrons. The van der Waals surface area contributed by atoms with Crippen molar-refractivity contribution in [1.29, 1.82) is 0 Å². The van der Waals surface area contributed by atoms with Crippen molar-refractivity contribution in [2.45, 2.75) is 0 Å². The van der Waals surface area contributed by atoms with Gasteiger partial charge in [-0.2, -0.15) is 4.68 Å². The zero-order valence-corrected chi connectivity index (χ0v) is 14.1. The van der Waals surface area contributed by atoms with Gasteiger partial charge >= 0.3 is 0 Å². The van der Waals surface area contributed by atoms with Crippen molar-refractivity contribution in [2.75, 3.05) is 31.2 Å². The lowest BCUT2D eigenvalue weighted by atomic mass is 10.2. The van der Waals surface area contributed by atoms with E-state index >= 15 is 0 Å². The second-order valence-corrected chi connectivity index (χ2v) is 5.96. The highest BCUT2D eigenvalue weighted by Gasteiger charge is 2.22. The lowest BCUT2D eigenvalue weighted by molar-refractivity contribution is 0.0945. The number of hydrogen-bond acceptors (Lipinski definition) is 5. The molecule has 1 aromatic carbocycles. The number of ether oxygens (including phenoxy) is 1. The summed E-state index contributed by atoms with van der Waals surface area (Å²) in [5, 5.41) is 4.44. The molecule has 3 aromatic rings. The molecule has 1 aliphatic heterocycles. The molecule has 0 spiro atoms. The number of benzene rings is 1. The molecule has 2 aromatic heterocycles. The quantitative estimate of drug-likeness (QED) is 0.717. The number of anilines is 1. The summed E-state index contributed by atoms with van der Waals surface area (Å²) in [5.41, 5.74) is 1.08. The Morgan fingerprint density at radius 1 is 1.00 bits per heavy atom. The minimum absolute atomic E-state index is 0.195. The summed E-state index contributed by atoms with van der Waals surface area (Å²) in [6.07, 6.45) is 3.35. The lowest BCUT2D eigenvalue weighted by Crippen LogP contribution is -2.37. The van der Waals surface area contributed by atoms with E-state index in [0.717, 1.165) is 5.69 Å². The Bertz CT molecular complexity index is 972. The number of hydrogen-bond donors (Lipinski definition) is 0. The molecule has 0 radical (unpaired) electrons. The van der Waals surface area contributed by atoms with Gasteiger partial charge in [0.2, 0.25) is 0 Å². The van der Waals surface area contributed by atoms with Crippen LogP contribution in [0.2, 0.25) is 0 Å². The number of carbonyl (C=O) groups is 1. The second kappa shape index (κ2) is 6.97. The Kier molecular flexibility index (Phi) is 4.37. The summed E-state index contributed by atoms with van der Waals surface area (Å²) >= 11 is 0. The largest absolute Gasteiger partial charge is 0.378 e. The Labute approximate surface area is 150 Å². The molecule has 0 atom stereocenters. The highest BCUT2D eigenvalue weighted by atomic mass is 16.5. The number of rotatable bonds is 3. The van der Waals surface area contributed by atoms with Crippen LogP contribution < -0.4 is 10.5 Å². The van der Waals surface area contributed by atoms with Crippen molar-refractivity contribution >= 4 is 11.6 Å². The first-order valence-electron chi connectivity index (χ1n) is 8.44. The van der Waals surface area contributed by atoms with E-state index < -0.39 is 0 Å². The summed E-state index contributed by atoms with van der Waals surface area (Å²) < 4.78 is 8.17. The van der Waals surface area contributed by atoms with Crippen LogP contribution in [0.25, 0.3) is 5.82 Å². The third-order valence-electron chi connectivity index (χ3n) is 4.31. The Balaban J connectivity index is 1.81. The van der Waals surface area contributed by atoms with Crippen molar-refractivity contribution in [1.82, 2.24) is 14.3 Å². The van der Waals surface area contributed by atoms with Crippen molar-refractivity contribution in [3.63, 3.8) is 0 Å². The van der Waals surface area contributed by atoms with Crippen LogP contribution in [0.15, 0.2) is 65.7 Å². The van der Waals surface area contributed by atoms with Gasteiger partial charge in [0.25, 0.3) is 11.5 Å². The topological polar surface area (TPSA) is 69.4 Å². The predicted octanol–water partition coefficient (Wildman–Crippen LogP) is 1.56. The normalized spacial score (nSPS) is 14.4. The molecule has 1 saturated heterocycles. The Hall–Kier alpha value is -3.19. The standard InChI is InChI=1S/C19H18N4O3/c24-17-8-4-5-9-22(17)18-16(21-10-12-26-13-11-21)14-23(20-18)19(25)15-6-2-1-3-7-15/h1-9,14H,10-13H2. The molecule has 1 fully saturated rings. The SMILES string of the molecule is O=C(c1ccccc1)n1cc(N2CCOCC2)c(-n2ccccc2=O)n1. The van der Waals surface area contributed by atoms with E-state index in [0.29, 0.717) is 37.7 Å². The van der Waals surface area contributed by atoms with Crippen molar-refractivity contribution in [2.24, 2.45) is 0 Å². The molecule has 3 heterocycles. The average Bonchev–Trinajstić information content (AvgIpc) is 3.14. The lowest BCUT2D eigenvalue weighted by Gasteiger charge is -2.28.